The number of H-pyrrole nitrogens is 1. The average molecular weight is 369 g/mol. The van der Waals surface area contributed by atoms with Gasteiger partial charge in [-0.25, -0.2) is 4.98 Å². The summed E-state index contributed by atoms with van der Waals surface area (Å²) in [5.41, 5.74) is 3.33. The monoisotopic (exact) mass is 368 g/mol. The molecule has 7 heteroatoms. The van der Waals surface area contributed by atoms with E-state index < -0.39 is 0 Å². The van der Waals surface area contributed by atoms with Crippen molar-refractivity contribution < 1.29 is 0 Å². The topological polar surface area (TPSA) is 59.6 Å². The molecule has 4 rings (SSSR count). The molecular weight excluding hydrogens is 344 g/mol. The lowest BCUT2D eigenvalue weighted by atomic mass is 10.2. The van der Waals surface area contributed by atoms with Gasteiger partial charge in [0.05, 0.1) is 22.6 Å². The number of hydrogen-bond acceptors (Lipinski definition) is 4. The fourth-order valence-corrected chi connectivity index (χ4v) is 4.13. The minimum Gasteiger partial charge on any atom is -0.360 e. The van der Waals surface area contributed by atoms with Gasteiger partial charge in [0.25, 0.3) is 0 Å². The van der Waals surface area contributed by atoms with Gasteiger partial charge >= 0.3 is 0 Å². The Morgan fingerprint density at radius 2 is 2.12 bits per heavy atom. The lowest BCUT2D eigenvalue weighted by molar-refractivity contribution is 0.373. The Morgan fingerprint density at radius 1 is 1.27 bits per heavy atom. The number of nitrogens with one attached hydrogen (secondary N) is 2. The molecule has 0 saturated carbocycles. The van der Waals surface area contributed by atoms with Crippen molar-refractivity contribution in [2.75, 3.05) is 38.1 Å². The summed E-state index contributed by atoms with van der Waals surface area (Å²) in [6.07, 6.45) is 0. The molecule has 6 nitrogen and oxygen atoms in total. The highest BCUT2D eigenvalue weighted by Crippen LogP contribution is 2.22. The summed E-state index contributed by atoms with van der Waals surface area (Å²) in [6, 6.07) is 10.6. The number of anilines is 1. The first kappa shape index (κ1) is 16.9. The van der Waals surface area contributed by atoms with E-state index >= 15 is 0 Å². The molecule has 0 radical (unpaired) electrons. The molecule has 0 spiro atoms. The number of hydrogen-bond donors (Lipinski definition) is 2. The number of aromatic nitrogens is 2. The maximum atomic E-state index is 4.65. The maximum absolute atomic E-state index is 4.65. The summed E-state index contributed by atoms with van der Waals surface area (Å²) in [5.74, 6) is 1.87. The Labute approximate surface area is 157 Å². The Balaban J connectivity index is 1.36. The molecule has 2 aromatic heterocycles. The van der Waals surface area contributed by atoms with Gasteiger partial charge in [0.1, 0.15) is 5.82 Å². The number of nitrogens with zero attached hydrogens (tertiary/aromatic N) is 4. The van der Waals surface area contributed by atoms with Crippen LogP contribution in [0.4, 0.5) is 5.00 Å². The van der Waals surface area contributed by atoms with Crippen LogP contribution in [0.2, 0.25) is 0 Å². The number of aromatic amines is 1. The van der Waals surface area contributed by atoms with Gasteiger partial charge in [-0.1, -0.05) is 6.07 Å². The largest absolute Gasteiger partial charge is 0.360 e. The number of guanidine groups is 1. The zero-order chi connectivity index (χ0) is 17.9. The minimum atomic E-state index is 0.644. The second kappa shape index (κ2) is 7.37. The summed E-state index contributed by atoms with van der Waals surface area (Å²) in [5, 5.41) is 6.93. The molecule has 0 atom stereocenters. The second-order valence-corrected chi connectivity index (χ2v) is 7.46. The Morgan fingerprint density at radius 3 is 2.85 bits per heavy atom. The van der Waals surface area contributed by atoms with Gasteiger partial charge in [-0.2, -0.15) is 0 Å². The number of aliphatic imine (C=N–C) groups is 1. The fraction of sp³-hybridized carbons (Fsp3) is 0.368. The Kier molecular flexibility index (Phi) is 4.79. The molecule has 26 heavy (non-hydrogen) atoms. The van der Waals surface area contributed by atoms with E-state index in [1.165, 1.54) is 10.6 Å². The molecule has 3 aromatic rings. The van der Waals surface area contributed by atoms with Crippen molar-refractivity contribution in [3.8, 4) is 0 Å². The molecule has 1 fully saturated rings. The van der Waals surface area contributed by atoms with Gasteiger partial charge < -0.3 is 20.1 Å². The van der Waals surface area contributed by atoms with Crippen LogP contribution in [-0.4, -0.2) is 54.1 Å². The van der Waals surface area contributed by atoms with E-state index in [-0.39, 0.29) is 0 Å². The standard InChI is InChI=1S/C19H24N6S/c1-14-5-6-15-16(12-14)23-17(22-15)13-21-19(20-2)25-9-7-24(8-10-25)18-4-3-11-26-18/h3-6,11-12H,7-10,13H2,1-2H3,(H,20,21)(H,22,23). The number of imidazole rings is 1. The van der Waals surface area contributed by atoms with Crippen LogP contribution in [0.5, 0.6) is 0 Å². The number of thiophene rings is 1. The van der Waals surface area contributed by atoms with E-state index in [4.69, 9.17) is 0 Å². The van der Waals surface area contributed by atoms with Gasteiger partial charge in [-0.05, 0) is 42.1 Å². The summed E-state index contributed by atoms with van der Waals surface area (Å²) in [4.78, 5) is 17.3. The van der Waals surface area contributed by atoms with Gasteiger partial charge in [0, 0.05) is 33.2 Å². The average Bonchev–Trinajstić information content (AvgIpc) is 3.32. The van der Waals surface area contributed by atoms with Crippen LogP contribution >= 0.6 is 11.3 Å². The highest BCUT2D eigenvalue weighted by Gasteiger charge is 2.20. The first-order valence-electron chi connectivity index (χ1n) is 8.92. The Bertz CT molecular complexity index is 890. The van der Waals surface area contributed by atoms with Crippen molar-refractivity contribution in [1.29, 1.82) is 0 Å². The maximum Gasteiger partial charge on any atom is 0.194 e. The van der Waals surface area contributed by atoms with Crippen molar-refractivity contribution in [3.05, 3.63) is 47.1 Å². The summed E-state index contributed by atoms with van der Waals surface area (Å²) >= 11 is 1.80. The van der Waals surface area contributed by atoms with Crippen molar-refractivity contribution in [3.63, 3.8) is 0 Å². The number of rotatable bonds is 3. The molecule has 0 unspecified atom stereocenters. The molecular formula is C19H24N6S. The van der Waals surface area contributed by atoms with Crippen LogP contribution < -0.4 is 10.2 Å². The van der Waals surface area contributed by atoms with Gasteiger partial charge in [-0.3, -0.25) is 4.99 Å². The van der Waals surface area contributed by atoms with Crippen LogP contribution in [0.15, 0.2) is 40.7 Å². The molecule has 1 saturated heterocycles. The van der Waals surface area contributed by atoms with E-state index in [2.05, 4.69) is 72.7 Å². The molecule has 136 valence electrons. The zero-order valence-electron chi connectivity index (χ0n) is 15.2. The highest BCUT2D eigenvalue weighted by atomic mass is 32.1. The molecule has 0 aliphatic carbocycles. The lowest BCUT2D eigenvalue weighted by Crippen LogP contribution is -2.52. The molecule has 1 aromatic carbocycles. The zero-order valence-corrected chi connectivity index (χ0v) is 16.0. The molecule has 0 amide bonds. The normalized spacial score (nSPS) is 15.7. The summed E-state index contributed by atoms with van der Waals surface area (Å²) in [6.45, 7) is 6.71. The van der Waals surface area contributed by atoms with Crippen LogP contribution in [0.3, 0.4) is 0 Å². The van der Waals surface area contributed by atoms with E-state index in [1.54, 1.807) is 11.3 Å². The Hall–Kier alpha value is -2.54. The van der Waals surface area contributed by atoms with Gasteiger partial charge in [0.15, 0.2) is 5.96 Å². The number of fused-ring (bicyclic) bond motifs is 1. The van der Waals surface area contributed by atoms with Crippen molar-refractivity contribution in [2.24, 2.45) is 4.99 Å². The van der Waals surface area contributed by atoms with E-state index in [1.807, 2.05) is 7.05 Å². The quantitative estimate of drug-likeness (QED) is 0.551. The SMILES string of the molecule is CN=C(NCc1nc2ccc(C)cc2[nH]1)N1CCN(c2cccs2)CC1. The van der Waals surface area contributed by atoms with Crippen molar-refractivity contribution >= 4 is 33.3 Å². The smallest absolute Gasteiger partial charge is 0.194 e. The van der Waals surface area contributed by atoms with E-state index in [9.17, 15) is 0 Å². The first-order chi connectivity index (χ1) is 12.7. The number of piperazine rings is 1. The van der Waals surface area contributed by atoms with Gasteiger partial charge in [-0.15, -0.1) is 11.3 Å². The summed E-state index contributed by atoms with van der Waals surface area (Å²) < 4.78 is 0. The van der Waals surface area contributed by atoms with Crippen LogP contribution in [0, 0.1) is 6.92 Å². The minimum absolute atomic E-state index is 0.644. The lowest BCUT2D eigenvalue weighted by Gasteiger charge is -2.36. The molecule has 3 heterocycles. The van der Waals surface area contributed by atoms with Crippen LogP contribution in [0.1, 0.15) is 11.4 Å². The fourth-order valence-electron chi connectivity index (χ4n) is 3.34. The van der Waals surface area contributed by atoms with Crippen LogP contribution in [-0.2, 0) is 6.54 Å². The van der Waals surface area contributed by atoms with E-state index in [0.29, 0.717) is 6.54 Å². The third-order valence-electron chi connectivity index (χ3n) is 4.71. The molecule has 1 aliphatic rings. The number of benzene rings is 1. The third-order valence-corrected chi connectivity index (χ3v) is 5.64. The van der Waals surface area contributed by atoms with Crippen LogP contribution in [0.25, 0.3) is 11.0 Å². The third kappa shape index (κ3) is 3.53. The van der Waals surface area contributed by atoms with Gasteiger partial charge in [0.2, 0.25) is 0 Å². The molecule has 0 bridgehead atoms. The molecule has 2 N–H and O–H groups in total. The first-order valence-corrected chi connectivity index (χ1v) is 9.80. The second-order valence-electron chi connectivity index (χ2n) is 6.53. The van der Waals surface area contributed by atoms with Crippen molar-refractivity contribution in [1.82, 2.24) is 20.2 Å². The number of aryl methyl sites for hydroxylation is 1. The summed E-state index contributed by atoms with van der Waals surface area (Å²) in [7, 11) is 1.84. The van der Waals surface area contributed by atoms with Crippen molar-refractivity contribution in [2.45, 2.75) is 13.5 Å². The predicted octanol–water partition coefficient (Wildman–Crippen LogP) is 2.83. The highest BCUT2D eigenvalue weighted by molar-refractivity contribution is 7.14. The molecule has 1 aliphatic heterocycles. The van der Waals surface area contributed by atoms with E-state index in [0.717, 1.165) is 49.0 Å². The predicted molar refractivity (Wildman–Crippen MR) is 109 cm³/mol.